The highest BCUT2D eigenvalue weighted by atomic mass is 16.6. The van der Waals surface area contributed by atoms with Crippen LogP contribution in [0.4, 0.5) is 0 Å². The molecule has 1 N–H and O–H groups in total. The molecule has 1 aliphatic heterocycles. The smallest absolute Gasteiger partial charge is 0.333 e. The van der Waals surface area contributed by atoms with Crippen molar-refractivity contribution in [2.45, 2.75) is 25.4 Å². The standard InChI is InChI=1S/C10H16O4/c1-8(6-9-7-14-9)10(12)13-5-3-2-4-11/h9,11H,1-7H2. The largest absolute Gasteiger partial charge is 0.462 e. The van der Waals surface area contributed by atoms with Crippen LogP contribution < -0.4 is 0 Å². The van der Waals surface area contributed by atoms with Crippen molar-refractivity contribution < 1.29 is 19.4 Å². The topological polar surface area (TPSA) is 59.1 Å². The highest BCUT2D eigenvalue weighted by molar-refractivity contribution is 5.87. The Morgan fingerprint density at radius 1 is 1.57 bits per heavy atom. The summed E-state index contributed by atoms with van der Waals surface area (Å²) in [5, 5.41) is 8.49. The van der Waals surface area contributed by atoms with Crippen molar-refractivity contribution in [3.63, 3.8) is 0 Å². The molecule has 1 aliphatic rings. The van der Waals surface area contributed by atoms with Gasteiger partial charge in [0, 0.05) is 18.6 Å². The molecule has 0 radical (unpaired) electrons. The minimum Gasteiger partial charge on any atom is -0.462 e. The van der Waals surface area contributed by atoms with E-state index in [0.717, 1.165) is 6.61 Å². The Morgan fingerprint density at radius 3 is 2.86 bits per heavy atom. The molecule has 1 heterocycles. The Bertz CT molecular complexity index is 208. The van der Waals surface area contributed by atoms with Crippen LogP contribution in [0.15, 0.2) is 12.2 Å². The summed E-state index contributed by atoms with van der Waals surface area (Å²) < 4.78 is 9.90. The van der Waals surface area contributed by atoms with Crippen LogP contribution in [0, 0.1) is 0 Å². The van der Waals surface area contributed by atoms with E-state index in [2.05, 4.69) is 6.58 Å². The van der Waals surface area contributed by atoms with Crippen LogP contribution in [-0.4, -0.2) is 37.0 Å². The molecule has 0 aromatic carbocycles. The van der Waals surface area contributed by atoms with E-state index >= 15 is 0 Å². The predicted octanol–water partition coefficient (Wildman–Crippen LogP) is 0.647. The van der Waals surface area contributed by atoms with Gasteiger partial charge in [0.2, 0.25) is 0 Å². The molecule has 0 amide bonds. The average Bonchev–Trinajstić information content (AvgIpc) is 2.96. The van der Waals surface area contributed by atoms with Crippen LogP contribution in [0.25, 0.3) is 0 Å². The van der Waals surface area contributed by atoms with E-state index in [1.165, 1.54) is 0 Å². The number of esters is 1. The lowest BCUT2D eigenvalue weighted by Crippen LogP contribution is -2.10. The zero-order chi connectivity index (χ0) is 10.4. The summed E-state index contributed by atoms with van der Waals surface area (Å²) >= 11 is 0. The fraction of sp³-hybridized carbons (Fsp3) is 0.700. The summed E-state index contributed by atoms with van der Waals surface area (Å²) in [5.41, 5.74) is 0.469. The summed E-state index contributed by atoms with van der Waals surface area (Å²) in [7, 11) is 0. The molecule has 1 rings (SSSR count). The third-order valence-electron chi connectivity index (χ3n) is 1.95. The molecule has 4 nitrogen and oxygen atoms in total. The van der Waals surface area contributed by atoms with Gasteiger partial charge in [-0.15, -0.1) is 0 Å². The Kier molecular flexibility index (Phi) is 4.62. The molecule has 80 valence electrons. The molecule has 1 saturated heterocycles. The first-order valence-electron chi connectivity index (χ1n) is 4.81. The van der Waals surface area contributed by atoms with Crippen molar-refractivity contribution in [2.75, 3.05) is 19.8 Å². The van der Waals surface area contributed by atoms with Gasteiger partial charge in [-0.1, -0.05) is 6.58 Å². The van der Waals surface area contributed by atoms with Crippen LogP contribution in [0.5, 0.6) is 0 Å². The number of carbonyl (C=O) groups is 1. The van der Waals surface area contributed by atoms with E-state index in [4.69, 9.17) is 14.6 Å². The summed E-state index contributed by atoms with van der Waals surface area (Å²) in [6.07, 6.45) is 2.09. The molecule has 0 bridgehead atoms. The average molecular weight is 200 g/mol. The number of unbranched alkanes of at least 4 members (excludes halogenated alkanes) is 1. The van der Waals surface area contributed by atoms with Gasteiger partial charge >= 0.3 is 5.97 Å². The molecule has 0 aromatic heterocycles. The van der Waals surface area contributed by atoms with E-state index in [9.17, 15) is 4.79 Å². The van der Waals surface area contributed by atoms with Gasteiger partial charge in [-0.25, -0.2) is 4.79 Å². The molecule has 14 heavy (non-hydrogen) atoms. The fourth-order valence-corrected chi connectivity index (χ4v) is 1.02. The number of hydrogen-bond acceptors (Lipinski definition) is 4. The molecule has 0 aromatic rings. The van der Waals surface area contributed by atoms with E-state index in [1.54, 1.807) is 0 Å². The molecule has 1 unspecified atom stereocenters. The van der Waals surface area contributed by atoms with Crippen LogP contribution in [0.3, 0.4) is 0 Å². The Balaban J connectivity index is 2.04. The molecule has 1 fully saturated rings. The summed E-state index contributed by atoms with van der Waals surface area (Å²) in [5.74, 6) is -0.349. The highest BCUT2D eigenvalue weighted by Gasteiger charge is 2.25. The lowest BCUT2D eigenvalue weighted by Gasteiger charge is -2.04. The highest BCUT2D eigenvalue weighted by Crippen LogP contribution is 2.18. The number of aliphatic hydroxyl groups excluding tert-OH is 1. The van der Waals surface area contributed by atoms with Crippen molar-refractivity contribution in [1.82, 2.24) is 0 Å². The molecule has 0 spiro atoms. The quantitative estimate of drug-likeness (QED) is 0.284. The zero-order valence-corrected chi connectivity index (χ0v) is 8.20. The SMILES string of the molecule is C=C(CC1CO1)C(=O)OCCCCO. The van der Waals surface area contributed by atoms with Crippen LogP contribution in [-0.2, 0) is 14.3 Å². The lowest BCUT2D eigenvalue weighted by atomic mass is 10.2. The Labute approximate surface area is 83.5 Å². The maximum Gasteiger partial charge on any atom is 0.333 e. The zero-order valence-electron chi connectivity index (χ0n) is 8.20. The van der Waals surface area contributed by atoms with Crippen molar-refractivity contribution in [3.8, 4) is 0 Å². The number of ether oxygens (including phenoxy) is 2. The summed E-state index contributed by atoms with van der Waals surface area (Å²) in [6, 6.07) is 0. The number of aliphatic hydroxyl groups is 1. The van der Waals surface area contributed by atoms with Gasteiger partial charge in [0.1, 0.15) is 0 Å². The van der Waals surface area contributed by atoms with Crippen molar-refractivity contribution in [3.05, 3.63) is 12.2 Å². The molecule has 1 atom stereocenters. The fourth-order valence-electron chi connectivity index (χ4n) is 1.02. The second-order valence-electron chi connectivity index (χ2n) is 3.33. The Morgan fingerprint density at radius 2 is 2.29 bits per heavy atom. The number of rotatable bonds is 7. The minimum absolute atomic E-state index is 0.133. The van der Waals surface area contributed by atoms with Crippen LogP contribution in [0.2, 0.25) is 0 Å². The number of epoxide rings is 1. The normalized spacial score (nSPS) is 19.1. The van der Waals surface area contributed by atoms with E-state index in [1.807, 2.05) is 0 Å². The van der Waals surface area contributed by atoms with Crippen molar-refractivity contribution in [2.24, 2.45) is 0 Å². The third kappa shape index (κ3) is 4.39. The van der Waals surface area contributed by atoms with Gasteiger partial charge in [-0.2, -0.15) is 0 Å². The maximum atomic E-state index is 11.2. The molecule has 0 aliphatic carbocycles. The van der Waals surface area contributed by atoms with E-state index in [-0.39, 0.29) is 18.7 Å². The van der Waals surface area contributed by atoms with Gasteiger partial charge < -0.3 is 14.6 Å². The molecule has 4 heteroatoms. The maximum absolute atomic E-state index is 11.2. The summed E-state index contributed by atoms with van der Waals surface area (Å²) in [4.78, 5) is 11.2. The monoisotopic (exact) mass is 200 g/mol. The van der Waals surface area contributed by atoms with Crippen molar-refractivity contribution >= 4 is 5.97 Å². The second-order valence-corrected chi connectivity index (χ2v) is 3.33. The number of hydrogen-bond donors (Lipinski definition) is 1. The first kappa shape index (κ1) is 11.2. The van der Waals surface area contributed by atoms with Gasteiger partial charge in [0.05, 0.1) is 19.3 Å². The second kappa shape index (κ2) is 5.78. The minimum atomic E-state index is -0.349. The molecule has 0 saturated carbocycles. The lowest BCUT2D eigenvalue weighted by molar-refractivity contribution is -0.139. The van der Waals surface area contributed by atoms with E-state index < -0.39 is 0 Å². The first-order valence-corrected chi connectivity index (χ1v) is 4.81. The van der Waals surface area contributed by atoms with Crippen LogP contribution in [0.1, 0.15) is 19.3 Å². The predicted molar refractivity (Wildman–Crippen MR) is 50.8 cm³/mol. The van der Waals surface area contributed by atoms with Gasteiger partial charge in [-0.05, 0) is 12.8 Å². The van der Waals surface area contributed by atoms with Gasteiger partial charge in [0.25, 0.3) is 0 Å². The van der Waals surface area contributed by atoms with Crippen LogP contribution >= 0.6 is 0 Å². The van der Waals surface area contributed by atoms with Crippen molar-refractivity contribution in [1.29, 1.82) is 0 Å². The summed E-state index contributed by atoms with van der Waals surface area (Å²) in [6.45, 7) is 4.83. The molecular formula is C10H16O4. The third-order valence-corrected chi connectivity index (χ3v) is 1.95. The molecular weight excluding hydrogens is 184 g/mol. The van der Waals surface area contributed by atoms with Gasteiger partial charge in [0.15, 0.2) is 0 Å². The Hall–Kier alpha value is -0.870. The van der Waals surface area contributed by atoms with Gasteiger partial charge in [-0.3, -0.25) is 0 Å². The first-order chi connectivity index (χ1) is 6.74. The van der Waals surface area contributed by atoms with E-state index in [0.29, 0.717) is 31.4 Å². The number of carbonyl (C=O) groups excluding carboxylic acids is 1.